The third-order valence-electron chi connectivity index (χ3n) is 5.41. The van der Waals surface area contributed by atoms with Crippen LogP contribution in [0.5, 0.6) is 0 Å². The van der Waals surface area contributed by atoms with Crippen LogP contribution < -0.4 is 5.32 Å². The van der Waals surface area contributed by atoms with E-state index in [1.165, 1.54) is 0 Å². The number of benzene rings is 2. The van der Waals surface area contributed by atoms with E-state index in [2.05, 4.69) is 5.32 Å². The lowest BCUT2D eigenvalue weighted by atomic mass is 10.1. The molecule has 5 nitrogen and oxygen atoms in total. The van der Waals surface area contributed by atoms with Gasteiger partial charge in [0.05, 0.1) is 6.42 Å². The summed E-state index contributed by atoms with van der Waals surface area (Å²) < 4.78 is 0. The molecule has 1 N–H and O–H groups in total. The van der Waals surface area contributed by atoms with Gasteiger partial charge in [0.15, 0.2) is 5.11 Å². The molecule has 4 rings (SSSR count). The Morgan fingerprint density at radius 1 is 1.06 bits per heavy atom. The number of hydrogen-bond acceptors (Lipinski definition) is 3. The highest BCUT2D eigenvalue weighted by atomic mass is 35.5. The van der Waals surface area contributed by atoms with Gasteiger partial charge in [0.2, 0.25) is 5.91 Å². The minimum Gasteiger partial charge on any atom is -0.336 e. The average molecular weight is 497 g/mol. The fourth-order valence-electron chi connectivity index (χ4n) is 3.66. The largest absolute Gasteiger partial charge is 0.336 e. The average Bonchev–Trinajstić information content (AvgIpc) is 3.52. The number of nitrogens with one attached hydrogen (secondary N) is 1. The predicted octanol–water partition coefficient (Wildman–Crippen LogP) is 5.18. The van der Waals surface area contributed by atoms with Crippen LogP contribution in [0.1, 0.15) is 24.8 Å². The van der Waals surface area contributed by atoms with E-state index in [1.54, 1.807) is 41.3 Å². The Labute approximate surface area is 201 Å². The van der Waals surface area contributed by atoms with Crippen LogP contribution in [0.25, 0.3) is 0 Å². The van der Waals surface area contributed by atoms with Crippen molar-refractivity contribution in [3.63, 3.8) is 0 Å². The summed E-state index contributed by atoms with van der Waals surface area (Å²) in [7, 11) is 0. The fourth-order valence-corrected chi connectivity index (χ4v) is 4.75. The van der Waals surface area contributed by atoms with Crippen molar-refractivity contribution in [3.8, 4) is 0 Å². The molecule has 1 aliphatic carbocycles. The molecule has 1 aliphatic heterocycles. The van der Waals surface area contributed by atoms with E-state index >= 15 is 0 Å². The molecule has 1 saturated carbocycles. The second-order valence-electron chi connectivity index (χ2n) is 7.68. The number of hydrogen-bond donors (Lipinski definition) is 1. The second-order valence-corrected chi connectivity index (χ2v) is 9.32. The summed E-state index contributed by atoms with van der Waals surface area (Å²) in [6.07, 6.45) is 2.47. The molecule has 1 heterocycles. The topological polar surface area (TPSA) is 52.7 Å². The van der Waals surface area contributed by atoms with Crippen molar-refractivity contribution in [2.45, 2.75) is 37.8 Å². The molecule has 2 fully saturated rings. The van der Waals surface area contributed by atoms with Gasteiger partial charge in [-0.25, -0.2) is 0 Å². The minimum absolute atomic E-state index is 0.0131. The first-order valence-electron chi connectivity index (χ1n) is 9.96. The van der Waals surface area contributed by atoms with Gasteiger partial charge in [-0.2, -0.15) is 0 Å². The molecule has 2 aromatic rings. The number of halogens is 3. The Bertz CT molecular complexity index is 1030. The van der Waals surface area contributed by atoms with Crippen molar-refractivity contribution >= 4 is 69.6 Å². The van der Waals surface area contributed by atoms with Crippen LogP contribution in [-0.2, 0) is 16.0 Å². The number of thiocarbonyl (C=S) groups is 1. The highest BCUT2D eigenvalue weighted by Crippen LogP contribution is 2.34. The lowest BCUT2D eigenvalue weighted by molar-refractivity contribution is -0.131. The van der Waals surface area contributed by atoms with Gasteiger partial charge in [0.25, 0.3) is 5.91 Å². The molecule has 0 bridgehead atoms. The van der Waals surface area contributed by atoms with Crippen LogP contribution in [0.15, 0.2) is 42.5 Å². The Hall–Kier alpha value is -1.86. The molecule has 1 saturated heterocycles. The molecule has 2 aliphatic rings. The first kappa shape index (κ1) is 22.3. The van der Waals surface area contributed by atoms with Gasteiger partial charge < -0.3 is 10.2 Å². The molecule has 0 spiro atoms. The van der Waals surface area contributed by atoms with Gasteiger partial charge in [0.1, 0.15) is 6.04 Å². The van der Waals surface area contributed by atoms with Crippen LogP contribution in [0.3, 0.4) is 0 Å². The summed E-state index contributed by atoms with van der Waals surface area (Å²) in [6, 6.07) is 11.7. The lowest BCUT2D eigenvalue weighted by Gasteiger charge is -2.24. The first-order valence-corrected chi connectivity index (χ1v) is 11.5. The molecule has 0 unspecified atom stereocenters. The highest BCUT2D eigenvalue weighted by Gasteiger charge is 2.48. The van der Waals surface area contributed by atoms with Gasteiger partial charge in [-0.3, -0.25) is 14.5 Å². The Kier molecular flexibility index (Phi) is 6.72. The van der Waals surface area contributed by atoms with Crippen LogP contribution in [0.4, 0.5) is 5.69 Å². The number of carbonyl (C=O) groups excluding carboxylic acids is 2. The first-order chi connectivity index (χ1) is 14.8. The van der Waals surface area contributed by atoms with Gasteiger partial charge >= 0.3 is 0 Å². The molecule has 0 aromatic heterocycles. The third kappa shape index (κ3) is 5.14. The molecular weight excluding hydrogens is 477 g/mol. The summed E-state index contributed by atoms with van der Waals surface area (Å²) in [6.45, 7) is 0.480. The van der Waals surface area contributed by atoms with E-state index in [0.717, 1.165) is 18.4 Å². The second kappa shape index (κ2) is 9.33. The molecule has 31 heavy (non-hydrogen) atoms. The molecule has 2 aromatic carbocycles. The normalized spacial score (nSPS) is 18.6. The predicted molar refractivity (Wildman–Crippen MR) is 128 cm³/mol. The maximum Gasteiger partial charge on any atom is 0.252 e. The smallest absolute Gasteiger partial charge is 0.252 e. The zero-order valence-corrected chi connectivity index (χ0v) is 19.6. The quantitative estimate of drug-likeness (QED) is 0.537. The minimum atomic E-state index is -0.633. The standard InChI is InChI=1S/C22H20Cl3N3O2S/c23-14-3-5-16(6-4-14)26-20(29)12-19-21(30)28(17-7-8-17)22(31)27(19)10-9-13-1-2-15(24)11-18(13)25/h1-6,11,17,19H,7-10,12H2,(H,26,29)/t19-/m1/s1. The van der Waals surface area contributed by atoms with E-state index < -0.39 is 6.04 Å². The molecule has 2 amide bonds. The van der Waals surface area contributed by atoms with Crippen molar-refractivity contribution in [2.75, 3.05) is 11.9 Å². The van der Waals surface area contributed by atoms with E-state index in [-0.39, 0.29) is 24.3 Å². The monoisotopic (exact) mass is 495 g/mol. The van der Waals surface area contributed by atoms with E-state index in [9.17, 15) is 9.59 Å². The molecule has 1 atom stereocenters. The summed E-state index contributed by atoms with van der Waals surface area (Å²) in [5.41, 5.74) is 1.54. The van der Waals surface area contributed by atoms with E-state index in [0.29, 0.717) is 38.8 Å². The summed E-state index contributed by atoms with van der Waals surface area (Å²) >= 11 is 23.8. The summed E-state index contributed by atoms with van der Waals surface area (Å²) in [5.74, 6) is -0.364. The van der Waals surface area contributed by atoms with Gasteiger partial charge in [-0.1, -0.05) is 40.9 Å². The van der Waals surface area contributed by atoms with Crippen molar-refractivity contribution in [2.24, 2.45) is 0 Å². The summed E-state index contributed by atoms with van der Waals surface area (Å²) in [4.78, 5) is 29.3. The number of anilines is 1. The Morgan fingerprint density at radius 3 is 2.39 bits per heavy atom. The zero-order chi connectivity index (χ0) is 22.1. The van der Waals surface area contributed by atoms with E-state index in [1.807, 2.05) is 11.0 Å². The van der Waals surface area contributed by atoms with Crippen LogP contribution >= 0.6 is 47.0 Å². The van der Waals surface area contributed by atoms with Crippen LogP contribution in [-0.4, -0.2) is 45.4 Å². The van der Waals surface area contributed by atoms with Crippen LogP contribution in [0.2, 0.25) is 15.1 Å². The van der Waals surface area contributed by atoms with Gasteiger partial charge in [0, 0.05) is 33.3 Å². The van der Waals surface area contributed by atoms with Crippen molar-refractivity contribution in [1.29, 1.82) is 0 Å². The van der Waals surface area contributed by atoms with Crippen molar-refractivity contribution < 1.29 is 9.59 Å². The van der Waals surface area contributed by atoms with Crippen LogP contribution in [0, 0.1) is 0 Å². The Morgan fingerprint density at radius 2 is 1.74 bits per heavy atom. The van der Waals surface area contributed by atoms with Gasteiger partial charge in [-0.05, 0) is 73.4 Å². The molecule has 0 radical (unpaired) electrons. The lowest BCUT2D eigenvalue weighted by Crippen LogP contribution is -2.39. The molecule has 162 valence electrons. The Balaban J connectivity index is 1.48. The SMILES string of the molecule is O=C(C[C@@H]1C(=O)N(C2CC2)C(=S)N1CCc1ccc(Cl)cc1Cl)Nc1ccc(Cl)cc1. The maximum absolute atomic E-state index is 13.1. The number of amides is 2. The van der Waals surface area contributed by atoms with E-state index in [4.69, 9.17) is 47.0 Å². The zero-order valence-electron chi connectivity index (χ0n) is 16.5. The number of carbonyl (C=O) groups is 2. The number of nitrogens with zero attached hydrogens (tertiary/aromatic N) is 2. The molecule has 9 heteroatoms. The van der Waals surface area contributed by atoms with Crippen molar-refractivity contribution in [3.05, 3.63) is 63.1 Å². The molecular formula is C22H20Cl3N3O2S. The summed E-state index contributed by atoms with van der Waals surface area (Å²) in [5, 5.41) is 5.04. The maximum atomic E-state index is 13.1. The number of rotatable bonds is 7. The fraction of sp³-hybridized carbons (Fsp3) is 0.318. The van der Waals surface area contributed by atoms with Gasteiger partial charge in [-0.15, -0.1) is 0 Å². The highest BCUT2D eigenvalue weighted by molar-refractivity contribution is 7.80. The van der Waals surface area contributed by atoms with Crippen molar-refractivity contribution in [1.82, 2.24) is 9.80 Å². The third-order valence-corrected chi connectivity index (χ3v) is 6.68.